The molecule has 2 rings (SSSR count). The van der Waals surface area contributed by atoms with Crippen molar-refractivity contribution in [2.24, 2.45) is 0 Å². The molecule has 0 aliphatic heterocycles. The van der Waals surface area contributed by atoms with Gasteiger partial charge in [-0.15, -0.1) is 0 Å². The van der Waals surface area contributed by atoms with Gasteiger partial charge in [-0.05, 0) is 44.0 Å². The topological polar surface area (TPSA) is 96.0 Å². The molecule has 2 amide bonds. The van der Waals surface area contributed by atoms with E-state index in [2.05, 4.69) is 5.32 Å². The Kier molecular flexibility index (Phi) is 9.76. The monoisotopic (exact) mass is 509 g/mol. The molecule has 34 heavy (non-hydrogen) atoms. The summed E-state index contributed by atoms with van der Waals surface area (Å²) < 4.78 is 31.4. The molecular formula is C24H32ClN3O5S. The third kappa shape index (κ3) is 7.11. The van der Waals surface area contributed by atoms with Gasteiger partial charge in [0.2, 0.25) is 21.8 Å². The Morgan fingerprint density at radius 2 is 1.76 bits per heavy atom. The highest BCUT2D eigenvalue weighted by Gasteiger charge is 2.31. The number of hydrogen-bond acceptors (Lipinski definition) is 5. The van der Waals surface area contributed by atoms with Crippen LogP contribution in [-0.4, -0.2) is 57.6 Å². The second kappa shape index (κ2) is 12.1. The third-order valence-corrected chi connectivity index (χ3v) is 6.75. The number of sulfonamides is 1. The van der Waals surface area contributed by atoms with E-state index in [1.165, 1.54) is 30.2 Å². The molecule has 0 fully saturated rings. The van der Waals surface area contributed by atoms with E-state index in [0.717, 1.165) is 21.7 Å². The molecule has 8 nitrogen and oxygen atoms in total. The van der Waals surface area contributed by atoms with Gasteiger partial charge >= 0.3 is 0 Å². The van der Waals surface area contributed by atoms with Crippen molar-refractivity contribution < 1.29 is 22.7 Å². The number of likely N-dealkylation sites (N-methyl/N-ethyl adjacent to an activating group) is 1. The van der Waals surface area contributed by atoms with Crippen LogP contribution in [0.15, 0.2) is 42.5 Å². The van der Waals surface area contributed by atoms with E-state index < -0.39 is 28.5 Å². The van der Waals surface area contributed by atoms with Gasteiger partial charge in [0.15, 0.2) is 0 Å². The van der Waals surface area contributed by atoms with Gasteiger partial charge in [0, 0.05) is 13.1 Å². The molecule has 0 bridgehead atoms. The average Bonchev–Trinajstić information content (AvgIpc) is 2.77. The summed E-state index contributed by atoms with van der Waals surface area (Å²) in [6, 6.07) is 11.4. The summed E-state index contributed by atoms with van der Waals surface area (Å²) >= 11 is 6.20. The Morgan fingerprint density at radius 3 is 2.26 bits per heavy atom. The number of carbonyl (C=O) groups is 2. The molecule has 0 spiro atoms. The maximum absolute atomic E-state index is 13.5. The van der Waals surface area contributed by atoms with Gasteiger partial charge in [-0.1, -0.05) is 48.4 Å². The fourth-order valence-corrected chi connectivity index (χ4v) is 4.62. The Balaban J connectivity index is 2.44. The normalized spacial score (nSPS) is 12.1. The van der Waals surface area contributed by atoms with Crippen LogP contribution in [0.2, 0.25) is 5.02 Å². The number of ether oxygens (including phenoxy) is 1. The minimum absolute atomic E-state index is 0.162. The van der Waals surface area contributed by atoms with Crippen LogP contribution in [0.3, 0.4) is 0 Å². The summed E-state index contributed by atoms with van der Waals surface area (Å²) in [7, 11) is -2.39. The van der Waals surface area contributed by atoms with E-state index in [1.54, 1.807) is 6.92 Å². The van der Waals surface area contributed by atoms with Gasteiger partial charge in [-0.25, -0.2) is 8.42 Å². The van der Waals surface area contributed by atoms with Crippen molar-refractivity contribution >= 4 is 39.1 Å². The second-order valence-corrected chi connectivity index (χ2v) is 10.2. The molecule has 2 aromatic rings. The third-order valence-electron chi connectivity index (χ3n) is 5.31. The van der Waals surface area contributed by atoms with Crippen molar-refractivity contribution in [3.63, 3.8) is 0 Å². The number of hydrogen-bond donors (Lipinski definition) is 1. The fourth-order valence-electron chi connectivity index (χ4n) is 3.53. The van der Waals surface area contributed by atoms with E-state index in [4.69, 9.17) is 16.3 Å². The number of amides is 2. The minimum atomic E-state index is -3.84. The van der Waals surface area contributed by atoms with Crippen LogP contribution in [0.5, 0.6) is 5.75 Å². The molecular weight excluding hydrogens is 478 g/mol. The maximum Gasteiger partial charge on any atom is 0.244 e. The highest BCUT2D eigenvalue weighted by atomic mass is 35.5. The van der Waals surface area contributed by atoms with Crippen LogP contribution >= 0.6 is 11.6 Å². The van der Waals surface area contributed by atoms with Crippen LogP contribution in [0.4, 0.5) is 5.69 Å². The van der Waals surface area contributed by atoms with E-state index in [9.17, 15) is 18.0 Å². The number of aryl methyl sites for hydroxylation is 1. The highest BCUT2D eigenvalue weighted by molar-refractivity contribution is 7.92. The van der Waals surface area contributed by atoms with Gasteiger partial charge in [0.05, 0.1) is 24.1 Å². The SMILES string of the molecule is CCNC(=O)C(CC)N(Cc1ccc(C)cc1)C(=O)CN(c1ccc(OC)c(Cl)c1)S(C)(=O)=O. The van der Waals surface area contributed by atoms with Crippen LogP contribution in [0, 0.1) is 6.92 Å². The van der Waals surface area contributed by atoms with Crippen molar-refractivity contribution in [3.8, 4) is 5.75 Å². The molecule has 0 aromatic heterocycles. The molecule has 186 valence electrons. The molecule has 1 N–H and O–H groups in total. The number of carbonyl (C=O) groups excluding carboxylic acids is 2. The van der Waals surface area contributed by atoms with Crippen molar-refractivity contribution in [2.45, 2.75) is 39.8 Å². The zero-order valence-electron chi connectivity index (χ0n) is 20.2. The molecule has 0 heterocycles. The van der Waals surface area contributed by atoms with Crippen LogP contribution < -0.4 is 14.4 Å². The van der Waals surface area contributed by atoms with Crippen LogP contribution in [-0.2, 0) is 26.2 Å². The lowest BCUT2D eigenvalue weighted by molar-refractivity contribution is -0.140. The van der Waals surface area contributed by atoms with E-state index in [1.807, 2.05) is 38.1 Å². The van der Waals surface area contributed by atoms with E-state index in [-0.39, 0.29) is 23.2 Å². The van der Waals surface area contributed by atoms with Gasteiger partial charge in [0.25, 0.3) is 0 Å². The van der Waals surface area contributed by atoms with E-state index in [0.29, 0.717) is 18.7 Å². The highest BCUT2D eigenvalue weighted by Crippen LogP contribution is 2.30. The molecule has 0 saturated carbocycles. The quantitative estimate of drug-likeness (QED) is 0.501. The van der Waals surface area contributed by atoms with E-state index >= 15 is 0 Å². The Bertz CT molecular complexity index is 1110. The first-order valence-corrected chi connectivity index (χ1v) is 13.2. The van der Waals surface area contributed by atoms with Gasteiger partial charge in [0.1, 0.15) is 18.3 Å². The molecule has 0 radical (unpaired) electrons. The molecule has 0 saturated heterocycles. The number of methoxy groups -OCH3 is 1. The molecule has 10 heteroatoms. The zero-order chi connectivity index (χ0) is 25.5. The Hall–Kier alpha value is -2.78. The largest absolute Gasteiger partial charge is 0.495 e. The summed E-state index contributed by atoms with van der Waals surface area (Å²) in [6.45, 7) is 5.67. The number of halogens is 1. The van der Waals surface area contributed by atoms with Gasteiger partial charge in [-0.3, -0.25) is 13.9 Å². The molecule has 0 aliphatic rings. The number of nitrogens with one attached hydrogen (secondary N) is 1. The van der Waals surface area contributed by atoms with Gasteiger partial charge in [-0.2, -0.15) is 0 Å². The zero-order valence-corrected chi connectivity index (χ0v) is 21.7. The second-order valence-electron chi connectivity index (χ2n) is 7.91. The molecule has 1 unspecified atom stereocenters. The molecule has 1 atom stereocenters. The summed E-state index contributed by atoms with van der Waals surface area (Å²) in [4.78, 5) is 27.7. The predicted molar refractivity (Wildman–Crippen MR) is 135 cm³/mol. The fraction of sp³-hybridized carbons (Fsp3) is 0.417. The van der Waals surface area contributed by atoms with Crippen molar-refractivity contribution in [2.75, 3.05) is 30.8 Å². The summed E-state index contributed by atoms with van der Waals surface area (Å²) in [5.41, 5.74) is 2.13. The number of anilines is 1. The molecule has 0 aliphatic carbocycles. The van der Waals surface area contributed by atoms with Crippen LogP contribution in [0.1, 0.15) is 31.4 Å². The summed E-state index contributed by atoms with van der Waals surface area (Å²) in [5, 5.41) is 2.98. The maximum atomic E-state index is 13.5. The van der Waals surface area contributed by atoms with Crippen molar-refractivity contribution in [1.29, 1.82) is 0 Å². The summed E-state index contributed by atoms with van der Waals surface area (Å²) in [6.07, 6.45) is 1.39. The average molecular weight is 510 g/mol. The number of benzene rings is 2. The lowest BCUT2D eigenvalue weighted by Crippen LogP contribution is -2.52. The Labute approximate surface area is 206 Å². The van der Waals surface area contributed by atoms with Crippen molar-refractivity contribution in [3.05, 3.63) is 58.6 Å². The first-order chi connectivity index (χ1) is 16.0. The minimum Gasteiger partial charge on any atom is -0.495 e. The lowest BCUT2D eigenvalue weighted by Gasteiger charge is -2.33. The number of rotatable bonds is 11. The first kappa shape index (κ1) is 27.5. The van der Waals surface area contributed by atoms with Crippen molar-refractivity contribution in [1.82, 2.24) is 10.2 Å². The number of nitrogens with zero attached hydrogens (tertiary/aromatic N) is 2. The molecule has 2 aromatic carbocycles. The summed E-state index contributed by atoms with van der Waals surface area (Å²) in [5.74, 6) is -0.409. The smallest absolute Gasteiger partial charge is 0.244 e. The standard InChI is InChI=1S/C24H32ClN3O5S/c1-6-21(24(30)26-7-2)27(15-18-10-8-17(3)9-11-18)23(29)16-28(34(5,31)32)19-12-13-22(33-4)20(25)14-19/h8-14,21H,6-7,15-16H2,1-5H3,(H,26,30). The predicted octanol–water partition coefficient (Wildman–Crippen LogP) is 3.37. The Morgan fingerprint density at radius 1 is 1.12 bits per heavy atom. The lowest BCUT2D eigenvalue weighted by atomic mass is 10.1. The van der Waals surface area contributed by atoms with Gasteiger partial charge < -0.3 is 15.0 Å². The van der Waals surface area contributed by atoms with Crippen LogP contribution in [0.25, 0.3) is 0 Å². The first-order valence-electron chi connectivity index (χ1n) is 11.0.